The van der Waals surface area contributed by atoms with Crippen molar-refractivity contribution in [3.8, 4) is 0 Å². The van der Waals surface area contributed by atoms with E-state index in [2.05, 4.69) is 10.3 Å². The molecule has 3 N–H and O–H groups in total. The van der Waals surface area contributed by atoms with E-state index < -0.39 is 10.0 Å². The first kappa shape index (κ1) is 21.5. The van der Waals surface area contributed by atoms with Crippen molar-refractivity contribution in [3.63, 3.8) is 0 Å². The van der Waals surface area contributed by atoms with Crippen LogP contribution in [-0.4, -0.2) is 29.6 Å². The smallest absolute Gasteiger partial charge is 0.254 e. The molecule has 0 aliphatic carbocycles. The molecule has 2 aromatic rings. The quantitative estimate of drug-likeness (QED) is 0.695. The third kappa shape index (κ3) is 5.06. The number of sulfonamides is 1. The monoisotopic (exact) mass is 436 g/mol. The predicted octanol–water partition coefficient (Wildman–Crippen LogP) is 1.23. The van der Waals surface area contributed by atoms with Gasteiger partial charge in [-0.05, 0) is 17.7 Å². The van der Waals surface area contributed by atoms with Crippen LogP contribution in [0.5, 0.6) is 0 Å². The fourth-order valence-electron chi connectivity index (χ4n) is 2.88. The maximum Gasteiger partial charge on any atom is 0.254 e. The highest BCUT2D eigenvalue weighted by Gasteiger charge is 2.28. The Kier molecular flexibility index (Phi) is 5.88. The van der Waals surface area contributed by atoms with Crippen LogP contribution in [0.25, 0.3) is 0 Å². The first-order valence-corrected chi connectivity index (χ1v) is 11.6. The van der Waals surface area contributed by atoms with E-state index in [4.69, 9.17) is 5.14 Å². The lowest BCUT2D eigenvalue weighted by Crippen LogP contribution is -2.40. The van der Waals surface area contributed by atoms with Gasteiger partial charge in [0.15, 0.2) is 5.16 Å². The second-order valence-corrected chi connectivity index (χ2v) is 10.6. The Bertz CT molecular complexity index is 1090. The first-order valence-electron chi connectivity index (χ1n) is 9.10. The number of primary sulfonamides is 1. The normalized spacial score (nSPS) is 16.9. The Balaban J connectivity index is 1.66. The van der Waals surface area contributed by atoms with Crippen LogP contribution in [0.1, 0.15) is 32.0 Å². The molecular formula is C19H24N4O4S2. The zero-order valence-corrected chi connectivity index (χ0v) is 18.1. The molecule has 1 aromatic carbocycles. The van der Waals surface area contributed by atoms with Crippen LogP contribution < -0.4 is 16.0 Å². The van der Waals surface area contributed by atoms with Gasteiger partial charge in [-0.25, -0.2) is 18.5 Å². The molecule has 3 rings (SSSR count). The molecule has 156 valence electrons. The molecule has 1 aromatic heterocycles. The van der Waals surface area contributed by atoms with Crippen LogP contribution in [-0.2, 0) is 33.3 Å². The minimum atomic E-state index is -3.74. The third-order valence-electron chi connectivity index (χ3n) is 4.65. The Hall–Kier alpha value is -2.17. The zero-order valence-electron chi connectivity index (χ0n) is 16.5. The lowest BCUT2D eigenvalue weighted by molar-refractivity contribution is -0.125. The van der Waals surface area contributed by atoms with Crippen LogP contribution in [0.15, 0.2) is 45.2 Å². The van der Waals surface area contributed by atoms with E-state index in [9.17, 15) is 18.0 Å². The second kappa shape index (κ2) is 7.92. The molecule has 8 nitrogen and oxygen atoms in total. The summed E-state index contributed by atoms with van der Waals surface area (Å²) in [5.74, 6) is 0.0256. The number of hydrogen-bond acceptors (Lipinski definition) is 6. The van der Waals surface area contributed by atoms with Gasteiger partial charge in [-0.15, -0.1) is 0 Å². The molecule has 29 heavy (non-hydrogen) atoms. The summed E-state index contributed by atoms with van der Waals surface area (Å²) in [6.45, 7) is 6.56. The summed E-state index contributed by atoms with van der Waals surface area (Å²) in [7, 11) is -3.74. The standard InChI is InChI=1S/C19H24N4O4S2/c1-19(2,3)15-8-16(24)23-10-13(11-28-18(23)22-15)17(25)21-9-12-4-6-14(7-5-12)29(20,26)27/h4-8,13H,9-11H2,1-3H3,(H,21,25)(H2,20,26,27). The number of amides is 1. The van der Waals surface area contributed by atoms with Crippen LogP contribution >= 0.6 is 11.8 Å². The molecule has 1 aliphatic heterocycles. The average molecular weight is 437 g/mol. The Morgan fingerprint density at radius 1 is 1.31 bits per heavy atom. The van der Waals surface area contributed by atoms with Gasteiger partial charge in [-0.2, -0.15) is 0 Å². The van der Waals surface area contributed by atoms with Crippen LogP contribution in [0, 0.1) is 5.92 Å². The number of thioether (sulfide) groups is 1. The van der Waals surface area contributed by atoms with E-state index in [1.807, 2.05) is 20.8 Å². The lowest BCUT2D eigenvalue weighted by Gasteiger charge is -2.26. The predicted molar refractivity (Wildman–Crippen MR) is 111 cm³/mol. The van der Waals surface area contributed by atoms with Crippen molar-refractivity contribution >= 4 is 27.7 Å². The Morgan fingerprint density at radius 2 is 1.97 bits per heavy atom. The van der Waals surface area contributed by atoms with Gasteiger partial charge in [-0.3, -0.25) is 14.2 Å². The van der Waals surface area contributed by atoms with E-state index in [1.165, 1.54) is 30.0 Å². The number of nitrogens with two attached hydrogens (primary N) is 1. The van der Waals surface area contributed by atoms with Crippen LogP contribution in [0.2, 0.25) is 0 Å². The SMILES string of the molecule is CC(C)(C)c1cc(=O)n2c(n1)SCC(C(=O)NCc1ccc(S(N)(=O)=O)cc1)C2. The van der Waals surface area contributed by atoms with Crippen LogP contribution in [0.4, 0.5) is 0 Å². The minimum absolute atomic E-state index is 0.0226. The van der Waals surface area contributed by atoms with Gasteiger partial charge in [-0.1, -0.05) is 44.7 Å². The van der Waals surface area contributed by atoms with E-state index >= 15 is 0 Å². The topological polar surface area (TPSA) is 124 Å². The van der Waals surface area contributed by atoms with Crippen molar-refractivity contribution < 1.29 is 13.2 Å². The Labute approximate surface area is 174 Å². The largest absolute Gasteiger partial charge is 0.352 e. The van der Waals surface area contributed by atoms with Gasteiger partial charge in [0.2, 0.25) is 15.9 Å². The van der Waals surface area contributed by atoms with Crippen molar-refractivity contribution in [2.24, 2.45) is 11.1 Å². The fourth-order valence-corrected chi connectivity index (χ4v) is 4.49. The molecule has 0 saturated carbocycles. The van der Waals surface area contributed by atoms with Crippen molar-refractivity contribution in [3.05, 3.63) is 51.9 Å². The first-order chi connectivity index (χ1) is 13.4. The zero-order chi connectivity index (χ0) is 21.4. The number of carbonyl (C=O) groups excluding carboxylic acids is 1. The molecule has 2 heterocycles. The molecule has 1 unspecified atom stereocenters. The summed E-state index contributed by atoms with van der Waals surface area (Å²) in [6.07, 6.45) is 0. The summed E-state index contributed by atoms with van der Waals surface area (Å²) >= 11 is 1.41. The molecular weight excluding hydrogens is 412 g/mol. The highest BCUT2D eigenvalue weighted by Crippen LogP contribution is 2.28. The molecule has 1 atom stereocenters. The number of nitrogens with zero attached hydrogens (tertiary/aromatic N) is 2. The van der Waals surface area contributed by atoms with E-state index in [1.54, 1.807) is 16.7 Å². The number of carbonyl (C=O) groups is 1. The molecule has 0 saturated heterocycles. The fraction of sp³-hybridized carbons (Fsp3) is 0.421. The number of rotatable bonds is 4. The van der Waals surface area contributed by atoms with Gasteiger partial charge >= 0.3 is 0 Å². The van der Waals surface area contributed by atoms with E-state index in [0.717, 1.165) is 11.3 Å². The summed E-state index contributed by atoms with van der Waals surface area (Å²) in [6, 6.07) is 7.56. The molecule has 1 aliphatic rings. The molecule has 0 fully saturated rings. The second-order valence-electron chi connectivity index (χ2n) is 8.04. The van der Waals surface area contributed by atoms with Crippen molar-refractivity contribution in [2.45, 2.75) is 49.3 Å². The number of benzene rings is 1. The van der Waals surface area contributed by atoms with Crippen molar-refractivity contribution in [1.29, 1.82) is 0 Å². The van der Waals surface area contributed by atoms with Crippen LogP contribution in [0.3, 0.4) is 0 Å². The van der Waals surface area contributed by atoms with Crippen molar-refractivity contribution in [2.75, 3.05) is 5.75 Å². The van der Waals surface area contributed by atoms with Gasteiger partial charge < -0.3 is 5.32 Å². The molecule has 0 radical (unpaired) electrons. The van der Waals surface area contributed by atoms with E-state index in [0.29, 0.717) is 10.9 Å². The summed E-state index contributed by atoms with van der Waals surface area (Å²) in [5, 5.41) is 8.57. The summed E-state index contributed by atoms with van der Waals surface area (Å²) in [4.78, 5) is 29.7. The maximum absolute atomic E-state index is 12.6. The van der Waals surface area contributed by atoms with Gasteiger partial charge in [0, 0.05) is 30.3 Å². The van der Waals surface area contributed by atoms with E-state index in [-0.39, 0.29) is 40.8 Å². The molecule has 0 bridgehead atoms. The van der Waals surface area contributed by atoms with Crippen molar-refractivity contribution in [1.82, 2.24) is 14.9 Å². The number of hydrogen-bond donors (Lipinski definition) is 2. The van der Waals surface area contributed by atoms with Gasteiger partial charge in [0.25, 0.3) is 5.56 Å². The molecule has 0 spiro atoms. The minimum Gasteiger partial charge on any atom is -0.352 e. The number of fused-ring (bicyclic) bond motifs is 1. The maximum atomic E-state index is 12.6. The Morgan fingerprint density at radius 3 is 2.55 bits per heavy atom. The summed E-state index contributed by atoms with van der Waals surface area (Å²) in [5.41, 5.74) is 1.13. The number of nitrogens with one attached hydrogen (secondary N) is 1. The van der Waals surface area contributed by atoms with Gasteiger partial charge in [0.1, 0.15) is 0 Å². The number of aromatic nitrogens is 2. The van der Waals surface area contributed by atoms with Gasteiger partial charge in [0.05, 0.1) is 16.5 Å². The summed E-state index contributed by atoms with van der Waals surface area (Å²) < 4.78 is 24.1. The highest BCUT2D eigenvalue weighted by atomic mass is 32.2. The molecule has 1 amide bonds. The molecule has 10 heteroatoms. The third-order valence-corrected chi connectivity index (χ3v) is 6.72. The average Bonchev–Trinajstić information content (AvgIpc) is 2.64. The lowest BCUT2D eigenvalue weighted by atomic mass is 9.92. The highest BCUT2D eigenvalue weighted by molar-refractivity contribution is 7.99.